The molecule has 0 atom stereocenters. The Balaban J connectivity index is 2.10. The summed E-state index contributed by atoms with van der Waals surface area (Å²) in [5, 5.41) is 4.38. The van der Waals surface area contributed by atoms with E-state index in [4.69, 9.17) is 0 Å². The van der Waals surface area contributed by atoms with Crippen LogP contribution in [-0.2, 0) is 9.53 Å². The molecule has 0 aliphatic heterocycles. The highest BCUT2D eigenvalue weighted by atomic mass is 19.1. The van der Waals surface area contributed by atoms with Gasteiger partial charge in [-0.05, 0) is 23.6 Å². The number of pyridine rings is 1. The first-order valence-electron chi connectivity index (χ1n) is 7.14. The number of fused-ring (bicyclic) bond motifs is 1. The molecule has 0 amide bonds. The smallest absolute Gasteiger partial charge is 0.325 e. The van der Waals surface area contributed by atoms with Gasteiger partial charge in [-0.25, -0.2) is 9.37 Å². The van der Waals surface area contributed by atoms with Crippen LogP contribution in [0.5, 0.6) is 0 Å². The molecule has 0 saturated heterocycles. The third kappa shape index (κ3) is 3.29. The fourth-order valence-corrected chi connectivity index (χ4v) is 2.34. The van der Waals surface area contributed by atoms with Crippen LogP contribution in [-0.4, -0.2) is 24.6 Å². The van der Waals surface area contributed by atoms with Gasteiger partial charge in [-0.15, -0.1) is 0 Å². The van der Waals surface area contributed by atoms with Crippen LogP contribution < -0.4 is 5.32 Å². The molecular weight excluding hydrogens is 295 g/mol. The summed E-state index contributed by atoms with van der Waals surface area (Å²) in [4.78, 5) is 15.9. The lowest BCUT2D eigenvalue weighted by Gasteiger charge is -2.11. The Kier molecular flexibility index (Phi) is 4.19. The number of nitrogens with one attached hydrogen (secondary N) is 1. The number of carbonyl (C=O) groups is 1. The van der Waals surface area contributed by atoms with Crippen LogP contribution in [0.15, 0.2) is 54.6 Å². The van der Waals surface area contributed by atoms with Crippen LogP contribution in [0.3, 0.4) is 0 Å². The third-order valence-corrected chi connectivity index (χ3v) is 3.49. The number of hydrogen-bond donors (Lipinski definition) is 1. The maximum absolute atomic E-state index is 13.6. The van der Waals surface area contributed by atoms with Crippen molar-refractivity contribution in [3.63, 3.8) is 0 Å². The van der Waals surface area contributed by atoms with E-state index in [1.54, 1.807) is 6.07 Å². The molecule has 1 heterocycles. The number of ether oxygens (including phenoxy) is 1. The number of carbonyl (C=O) groups excluding carboxylic acids is 1. The summed E-state index contributed by atoms with van der Waals surface area (Å²) >= 11 is 0. The standard InChI is InChI=1S/C18H15FN2O2/c1-23-17(22)11-20-18-15-10-14(19)8-7-13(15)9-16(21-18)12-5-3-2-4-6-12/h2-10H,11H2,1H3,(H,20,21). The van der Waals surface area contributed by atoms with Crippen molar-refractivity contribution in [1.82, 2.24) is 4.98 Å². The Morgan fingerprint density at radius 3 is 2.70 bits per heavy atom. The van der Waals surface area contributed by atoms with Crippen molar-refractivity contribution in [3.8, 4) is 11.3 Å². The van der Waals surface area contributed by atoms with E-state index in [2.05, 4.69) is 15.0 Å². The Morgan fingerprint density at radius 1 is 1.17 bits per heavy atom. The first-order chi connectivity index (χ1) is 11.2. The molecule has 0 aliphatic rings. The van der Waals surface area contributed by atoms with Gasteiger partial charge < -0.3 is 10.1 Å². The Morgan fingerprint density at radius 2 is 1.96 bits per heavy atom. The maximum atomic E-state index is 13.6. The van der Waals surface area contributed by atoms with Crippen molar-refractivity contribution in [1.29, 1.82) is 0 Å². The normalized spacial score (nSPS) is 10.5. The van der Waals surface area contributed by atoms with Crippen molar-refractivity contribution in [2.75, 3.05) is 19.0 Å². The monoisotopic (exact) mass is 310 g/mol. The van der Waals surface area contributed by atoms with Gasteiger partial charge in [-0.3, -0.25) is 4.79 Å². The van der Waals surface area contributed by atoms with Gasteiger partial charge in [0.2, 0.25) is 0 Å². The summed E-state index contributed by atoms with van der Waals surface area (Å²) < 4.78 is 18.2. The van der Waals surface area contributed by atoms with Gasteiger partial charge in [0.25, 0.3) is 0 Å². The van der Waals surface area contributed by atoms with Gasteiger partial charge in [0, 0.05) is 10.9 Å². The lowest BCUT2D eigenvalue weighted by molar-refractivity contribution is -0.138. The van der Waals surface area contributed by atoms with E-state index in [-0.39, 0.29) is 12.4 Å². The SMILES string of the molecule is COC(=O)CNc1nc(-c2ccccc2)cc2ccc(F)cc12. The molecule has 3 aromatic rings. The van der Waals surface area contributed by atoms with E-state index in [0.29, 0.717) is 11.2 Å². The van der Waals surface area contributed by atoms with Crippen molar-refractivity contribution in [2.45, 2.75) is 0 Å². The predicted molar refractivity (Wildman–Crippen MR) is 87.6 cm³/mol. The molecular formula is C18H15FN2O2. The van der Waals surface area contributed by atoms with Gasteiger partial charge in [0.1, 0.15) is 18.2 Å². The quantitative estimate of drug-likeness (QED) is 0.748. The molecule has 5 heteroatoms. The van der Waals surface area contributed by atoms with Crippen LogP contribution in [0.2, 0.25) is 0 Å². The van der Waals surface area contributed by atoms with Crippen LogP contribution in [0.4, 0.5) is 10.2 Å². The average Bonchev–Trinajstić information content (AvgIpc) is 2.60. The van der Waals surface area contributed by atoms with Crippen molar-refractivity contribution < 1.29 is 13.9 Å². The second-order valence-corrected chi connectivity index (χ2v) is 5.02. The van der Waals surface area contributed by atoms with Crippen molar-refractivity contribution >= 4 is 22.6 Å². The Bertz CT molecular complexity index is 850. The second-order valence-electron chi connectivity index (χ2n) is 5.02. The number of benzene rings is 2. The van der Waals surface area contributed by atoms with Crippen LogP contribution in [0.25, 0.3) is 22.0 Å². The summed E-state index contributed by atoms with van der Waals surface area (Å²) in [6.45, 7) is -0.0344. The summed E-state index contributed by atoms with van der Waals surface area (Å²) in [6, 6.07) is 16.1. The molecule has 0 aliphatic carbocycles. The number of anilines is 1. The molecule has 4 nitrogen and oxygen atoms in total. The highest BCUT2D eigenvalue weighted by molar-refractivity contribution is 5.95. The molecule has 0 radical (unpaired) electrons. The molecule has 2 aromatic carbocycles. The molecule has 3 rings (SSSR count). The molecule has 0 fully saturated rings. The number of aromatic nitrogens is 1. The number of rotatable bonds is 4. The minimum absolute atomic E-state index is 0.0344. The minimum atomic E-state index is -0.415. The molecule has 0 bridgehead atoms. The van der Waals surface area contributed by atoms with Crippen LogP contribution in [0, 0.1) is 5.82 Å². The predicted octanol–water partition coefficient (Wildman–Crippen LogP) is 3.63. The highest BCUT2D eigenvalue weighted by Crippen LogP contribution is 2.28. The maximum Gasteiger partial charge on any atom is 0.325 e. The van der Waals surface area contributed by atoms with E-state index in [9.17, 15) is 9.18 Å². The van der Waals surface area contributed by atoms with E-state index < -0.39 is 5.97 Å². The summed E-state index contributed by atoms with van der Waals surface area (Å²) in [6.07, 6.45) is 0. The van der Waals surface area contributed by atoms with Gasteiger partial charge >= 0.3 is 5.97 Å². The van der Waals surface area contributed by atoms with Gasteiger partial charge in [-0.2, -0.15) is 0 Å². The molecule has 0 unspecified atom stereocenters. The Labute approximate surface area is 132 Å². The zero-order valence-electron chi connectivity index (χ0n) is 12.5. The summed E-state index contributed by atoms with van der Waals surface area (Å²) in [5.41, 5.74) is 1.69. The fourth-order valence-electron chi connectivity index (χ4n) is 2.34. The molecule has 1 N–H and O–H groups in total. The van der Waals surface area contributed by atoms with Crippen LogP contribution >= 0.6 is 0 Å². The molecule has 23 heavy (non-hydrogen) atoms. The van der Waals surface area contributed by atoms with Gasteiger partial charge in [-0.1, -0.05) is 36.4 Å². The van der Waals surface area contributed by atoms with E-state index in [1.165, 1.54) is 19.2 Å². The first kappa shape index (κ1) is 15.0. The number of nitrogens with zero attached hydrogens (tertiary/aromatic N) is 1. The highest BCUT2D eigenvalue weighted by Gasteiger charge is 2.10. The van der Waals surface area contributed by atoms with Crippen molar-refractivity contribution in [3.05, 3.63) is 60.4 Å². The van der Waals surface area contributed by atoms with E-state index >= 15 is 0 Å². The zero-order valence-corrected chi connectivity index (χ0v) is 12.5. The topological polar surface area (TPSA) is 51.2 Å². The first-order valence-corrected chi connectivity index (χ1v) is 7.14. The lowest BCUT2D eigenvalue weighted by atomic mass is 10.1. The molecule has 0 spiro atoms. The summed E-state index contributed by atoms with van der Waals surface area (Å²) in [5.74, 6) is -0.319. The van der Waals surface area contributed by atoms with Crippen molar-refractivity contribution in [2.24, 2.45) is 0 Å². The number of esters is 1. The Hall–Kier alpha value is -2.95. The van der Waals surface area contributed by atoms with Gasteiger partial charge in [0.15, 0.2) is 0 Å². The van der Waals surface area contributed by atoms with E-state index in [1.807, 2.05) is 36.4 Å². The van der Waals surface area contributed by atoms with Crippen LogP contribution in [0.1, 0.15) is 0 Å². The van der Waals surface area contributed by atoms with E-state index in [0.717, 1.165) is 16.6 Å². The minimum Gasteiger partial charge on any atom is -0.468 e. The lowest BCUT2D eigenvalue weighted by Crippen LogP contribution is -2.16. The summed E-state index contributed by atoms with van der Waals surface area (Å²) in [7, 11) is 1.32. The third-order valence-electron chi connectivity index (χ3n) is 3.49. The fraction of sp³-hybridized carbons (Fsp3) is 0.111. The molecule has 116 valence electrons. The average molecular weight is 310 g/mol. The molecule has 1 aromatic heterocycles. The second kappa shape index (κ2) is 6.44. The van der Waals surface area contributed by atoms with Gasteiger partial charge in [0.05, 0.1) is 12.8 Å². The largest absolute Gasteiger partial charge is 0.468 e. The number of hydrogen-bond acceptors (Lipinski definition) is 4. The molecule has 0 saturated carbocycles. The number of methoxy groups -OCH3 is 1. The zero-order chi connectivity index (χ0) is 16.2. The number of halogens is 1.